The Balaban J connectivity index is 1.24. The van der Waals surface area contributed by atoms with E-state index in [-0.39, 0.29) is 33.6 Å². The number of pyridine rings is 2. The van der Waals surface area contributed by atoms with Crippen molar-refractivity contribution >= 4 is 16.9 Å². The first-order valence-corrected chi connectivity index (χ1v) is 12.9. The highest BCUT2D eigenvalue weighted by Gasteiger charge is 2.50. The van der Waals surface area contributed by atoms with Crippen LogP contribution < -0.4 is 15.7 Å². The first-order valence-electron chi connectivity index (χ1n) is 12.9. The van der Waals surface area contributed by atoms with Crippen LogP contribution in [0.1, 0.15) is 42.8 Å². The second kappa shape index (κ2) is 10.4. The van der Waals surface area contributed by atoms with E-state index in [1.165, 1.54) is 29.0 Å². The summed E-state index contributed by atoms with van der Waals surface area (Å²) >= 11 is 0. The van der Waals surface area contributed by atoms with E-state index in [0.717, 1.165) is 24.5 Å². The van der Waals surface area contributed by atoms with Crippen molar-refractivity contribution in [2.45, 2.75) is 44.6 Å². The number of anilines is 1. The molecule has 2 N–H and O–H groups in total. The van der Waals surface area contributed by atoms with E-state index in [4.69, 9.17) is 9.47 Å². The van der Waals surface area contributed by atoms with Crippen LogP contribution in [0.15, 0.2) is 59.8 Å². The number of epoxide rings is 1. The molecule has 0 aliphatic carbocycles. The van der Waals surface area contributed by atoms with Gasteiger partial charge in [-0.2, -0.15) is 31.4 Å². The molecular weight excluding hydrogens is 603 g/mol. The second-order valence-electron chi connectivity index (χ2n) is 10.00. The van der Waals surface area contributed by atoms with Crippen molar-refractivity contribution in [1.82, 2.24) is 29.3 Å². The lowest BCUT2D eigenvalue weighted by Gasteiger charge is -2.15. The summed E-state index contributed by atoms with van der Waals surface area (Å²) in [6.07, 6.45) is -9.38. The van der Waals surface area contributed by atoms with Gasteiger partial charge in [0.2, 0.25) is 0 Å². The number of halogens is 7. The van der Waals surface area contributed by atoms with Gasteiger partial charge in [0.05, 0.1) is 6.20 Å². The summed E-state index contributed by atoms with van der Waals surface area (Å²) in [4.78, 5) is 22.6. The highest BCUT2D eigenvalue weighted by Crippen LogP contribution is 2.46. The molecule has 44 heavy (non-hydrogen) atoms. The molecule has 17 heteroatoms. The van der Waals surface area contributed by atoms with Gasteiger partial charge in [-0.3, -0.25) is 9.55 Å². The highest BCUT2D eigenvalue weighted by molar-refractivity contribution is 5.78. The van der Waals surface area contributed by atoms with E-state index in [1.807, 2.05) is 0 Å². The minimum atomic E-state index is -5.12. The van der Waals surface area contributed by atoms with Crippen LogP contribution in [-0.4, -0.2) is 35.5 Å². The number of nitrogens with zero attached hydrogens (tertiary/aromatic N) is 5. The maximum Gasteiger partial charge on any atom is 0.433 e. The maximum atomic E-state index is 15.1. The molecule has 4 aromatic heterocycles. The Morgan fingerprint density at radius 1 is 1.02 bits per heavy atom. The lowest BCUT2D eigenvalue weighted by molar-refractivity contribution is -0.145. The lowest BCUT2D eigenvalue weighted by atomic mass is 10.1. The van der Waals surface area contributed by atoms with Crippen LogP contribution >= 0.6 is 0 Å². The molecule has 6 rings (SSSR count). The van der Waals surface area contributed by atoms with Gasteiger partial charge in [0.25, 0.3) is 0 Å². The number of H-pyrrole nitrogens is 1. The molecule has 0 radical (unpaired) electrons. The molecule has 0 bridgehead atoms. The fourth-order valence-corrected chi connectivity index (χ4v) is 4.81. The van der Waals surface area contributed by atoms with Crippen molar-refractivity contribution in [1.29, 1.82) is 0 Å². The number of nitrogens with one attached hydrogen (secondary N) is 2. The number of imidazole rings is 1. The number of fused-ring (bicyclic) bond motifs is 1. The number of alkyl halides is 6. The summed E-state index contributed by atoms with van der Waals surface area (Å²) in [5.74, 6) is -1.94. The standard InChI is InChI=1S/C27H20F7N7O3/c1-12(2)40-19-18(7-9-35-22(19)39-25(40)42)43-17-6-5-13(10-16(17)28)38-24-20(44-24)14-11-37-41(21(14)27(32,33)34)23-15(26(29,30)31)4-3-8-36-23/h3-12,20,24,38H,1-2H3,(H,35,39,42). The molecule has 5 aromatic rings. The van der Waals surface area contributed by atoms with Crippen LogP contribution in [0, 0.1) is 5.82 Å². The number of hydrogen-bond donors (Lipinski definition) is 2. The molecule has 0 amide bonds. The molecule has 2 atom stereocenters. The molecule has 1 aromatic carbocycles. The monoisotopic (exact) mass is 623 g/mol. The maximum absolute atomic E-state index is 15.1. The SMILES string of the molecule is CC(C)n1c(=O)[nH]c2nccc(Oc3ccc(NC4OC4c4cnn(-c5ncccc5C(F)(F)F)c4C(F)(F)F)cc3F)c21. The van der Waals surface area contributed by atoms with Crippen molar-refractivity contribution in [3.63, 3.8) is 0 Å². The third-order valence-corrected chi connectivity index (χ3v) is 6.71. The number of rotatable bonds is 7. The number of aromatic nitrogens is 6. The average molecular weight is 623 g/mol. The summed E-state index contributed by atoms with van der Waals surface area (Å²) in [5, 5.41) is 6.30. The molecule has 1 fully saturated rings. The van der Waals surface area contributed by atoms with E-state index in [1.54, 1.807) is 13.8 Å². The van der Waals surface area contributed by atoms with Gasteiger partial charge in [-0.1, -0.05) is 0 Å². The number of aromatic amines is 1. The zero-order chi connectivity index (χ0) is 31.6. The van der Waals surface area contributed by atoms with Gasteiger partial charge in [0.1, 0.15) is 17.2 Å². The topological polar surface area (TPSA) is 115 Å². The predicted octanol–water partition coefficient (Wildman–Crippen LogP) is 6.36. The molecule has 10 nitrogen and oxygen atoms in total. The normalized spacial score (nSPS) is 17.0. The number of benzene rings is 1. The van der Waals surface area contributed by atoms with E-state index in [2.05, 4.69) is 25.4 Å². The van der Waals surface area contributed by atoms with Crippen molar-refractivity contribution in [2.75, 3.05) is 5.32 Å². The Bertz CT molecular complexity index is 1930. The van der Waals surface area contributed by atoms with E-state index in [9.17, 15) is 31.1 Å². The molecule has 0 saturated carbocycles. The molecule has 1 saturated heterocycles. The van der Waals surface area contributed by atoms with Gasteiger partial charge in [0.15, 0.2) is 40.7 Å². The third-order valence-electron chi connectivity index (χ3n) is 6.71. The zero-order valence-corrected chi connectivity index (χ0v) is 22.5. The van der Waals surface area contributed by atoms with Gasteiger partial charge in [-0.25, -0.2) is 23.8 Å². The van der Waals surface area contributed by atoms with Gasteiger partial charge < -0.3 is 14.8 Å². The first-order chi connectivity index (χ1) is 20.7. The number of ether oxygens (including phenoxy) is 2. The van der Waals surface area contributed by atoms with Crippen LogP contribution in [-0.2, 0) is 17.1 Å². The Morgan fingerprint density at radius 3 is 2.48 bits per heavy atom. The van der Waals surface area contributed by atoms with Gasteiger partial charge in [-0.05, 0) is 38.1 Å². The van der Waals surface area contributed by atoms with Crippen LogP contribution in [0.2, 0.25) is 0 Å². The summed E-state index contributed by atoms with van der Waals surface area (Å²) < 4.78 is 110. The lowest BCUT2D eigenvalue weighted by Crippen LogP contribution is -2.20. The van der Waals surface area contributed by atoms with Crippen LogP contribution in [0.5, 0.6) is 11.5 Å². The van der Waals surface area contributed by atoms with E-state index < -0.39 is 58.8 Å². The second-order valence-corrected chi connectivity index (χ2v) is 10.00. The van der Waals surface area contributed by atoms with Crippen LogP contribution in [0.4, 0.5) is 36.4 Å². The molecular formula is C27H20F7N7O3. The largest absolute Gasteiger partial charge is 0.452 e. The minimum absolute atomic E-state index is 0.0854. The van der Waals surface area contributed by atoms with E-state index in [0.29, 0.717) is 11.6 Å². The third kappa shape index (κ3) is 5.23. The predicted molar refractivity (Wildman–Crippen MR) is 140 cm³/mol. The molecule has 1 aliphatic rings. The molecule has 2 unspecified atom stereocenters. The smallest absolute Gasteiger partial charge is 0.433 e. The summed E-state index contributed by atoms with van der Waals surface area (Å²) in [7, 11) is 0. The van der Waals surface area contributed by atoms with Crippen molar-refractivity contribution in [3.05, 3.63) is 88.1 Å². The first kappa shape index (κ1) is 29.2. The summed E-state index contributed by atoms with van der Waals surface area (Å²) in [5.41, 5.74) is -3.14. The summed E-state index contributed by atoms with van der Waals surface area (Å²) in [6, 6.07) is 6.44. The molecule has 5 heterocycles. The van der Waals surface area contributed by atoms with Crippen molar-refractivity contribution in [3.8, 4) is 17.3 Å². The Morgan fingerprint density at radius 2 is 1.80 bits per heavy atom. The highest BCUT2D eigenvalue weighted by atomic mass is 19.4. The van der Waals surface area contributed by atoms with Gasteiger partial charge in [-0.15, -0.1) is 0 Å². The van der Waals surface area contributed by atoms with Crippen molar-refractivity contribution in [2.24, 2.45) is 0 Å². The Labute approximate surface area is 242 Å². The zero-order valence-electron chi connectivity index (χ0n) is 22.5. The Hall–Kier alpha value is -4.93. The van der Waals surface area contributed by atoms with Gasteiger partial charge >= 0.3 is 18.0 Å². The molecule has 230 valence electrons. The van der Waals surface area contributed by atoms with Crippen LogP contribution in [0.25, 0.3) is 17.0 Å². The van der Waals surface area contributed by atoms with E-state index >= 15 is 4.39 Å². The Kier molecular flexibility index (Phi) is 6.86. The minimum Gasteiger partial charge on any atom is -0.452 e. The quantitative estimate of drug-likeness (QED) is 0.160. The average Bonchev–Trinajstić information content (AvgIpc) is 3.38. The molecule has 0 spiro atoms. The van der Waals surface area contributed by atoms with Gasteiger partial charge in [0, 0.05) is 41.8 Å². The summed E-state index contributed by atoms with van der Waals surface area (Å²) in [6.45, 7) is 3.56. The van der Waals surface area contributed by atoms with Crippen LogP contribution in [0.3, 0.4) is 0 Å². The molecule has 1 aliphatic heterocycles. The number of hydrogen-bond acceptors (Lipinski definition) is 7. The fraction of sp³-hybridized carbons (Fsp3) is 0.259. The van der Waals surface area contributed by atoms with Crippen molar-refractivity contribution < 1.29 is 40.2 Å². The fourth-order valence-electron chi connectivity index (χ4n) is 4.81.